The largest absolute Gasteiger partial charge is 0.768 e. The van der Waals surface area contributed by atoms with Gasteiger partial charge in [-0.3, -0.25) is 9.00 Å². The van der Waals surface area contributed by atoms with Crippen LogP contribution < -0.4 is 10.1 Å². The van der Waals surface area contributed by atoms with Crippen LogP contribution in [0.4, 0.5) is 40.8 Å². The third-order valence-corrected chi connectivity index (χ3v) is 7.12. The summed E-state index contributed by atoms with van der Waals surface area (Å²) >= 11 is -2.71. The van der Waals surface area contributed by atoms with E-state index in [1.807, 2.05) is 0 Å². The second kappa shape index (κ2) is 10.4. The van der Waals surface area contributed by atoms with Crippen molar-refractivity contribution in [3.8, 4) is 11.6 Å². The number of rotatable bonds is 6. The molecule has 0 saturated heterocycles. The number of amides is 1. The second-order valence-electron chi connectivity index (χ2n) is 8.84. The SMILES string of the molecule is Cc1c(C(F)(F)F)nnc(Oc2ccc(C3(C(F)(F)F)CCC3)c(F)c2F)c1C(=O)Nc1cccc(S(=O)[O-])c1. The quantitative estimate of drug-likeness (QED) is 0.264. The average Bonchev–Trinajstić information content (AvgIpc) is 2.81. The van der Waals surface area contributed by atoms with Gasteiger partial charge in [-0.05, 0) is 60.7 Å². The predicted molar refractivity (Wildman–Crippen MR) is 121 cm³/mol. The van der Waals surface area contributed by atoms with Gasteiger partial charge in [0.1, 0.15) is 5.56 Å². The van der Waals surface area contributed by atoms with Crippen LogP contribution in [0.2, 0.25) is 0 Å². The molecular formula is C24H16F8N3O4S-. The van der Waals surface area contributed by atoms with E-state index in [0.29, 0.717) is 12.1 Å². The molecule has 1 heterocycles. The molecular weight excluding hydrogens is 578 g/mol. The van der Waals surface area contributed by atoms with Crippen LogP contribution >= 0.6 is 0 Å². The number of benzene rings is 2. The van der Waals surface area contributed by atoms with Gasteiger partial charge in [0, 0.05) is 16.1 Å². The summed E-state index contributed by atoms with van der Waals surface area (Å²) in [6.45, 7) is 0.826. The first-order valence-corrected chi connectivity index (χ1v) is 12.3. The summed E-state index contributed by atoms with van der Waals surface area (Å²) in [6.07, 6.45) is -10.8. The zero-order valence-corrected chi connectivity index (χ0v) is 20.9. The zero-order chi connectivity index (χ0) is 29.6. The van der Waals surface area contributed by atoms with E-state index < -0.39 is 93.2 Å². The van der Waals surface area contributed by atoms with Crippen LogP contribution in [0.25, 0.3) is 0 Å². The molecule has 1 amide bonds. The lowest BCUT2D eigenvalue weighted by molar-refractivity contribution is -0.213. The van der Waals surface area contributed by atoms with Crippen LogP contribution in [0, 0.1) is 18.6 Å². The first-order valence-electron chi connectivity index (χ1n) is 11.2. The molecule has 40 heavy (non-hydrogen) atoms. The fraction of sp³-hybridized carbons (Fsp3) is 0.292. The molecule has 1 unspecified atom stereocenters. The Bertz CT molecular complexity index is 1510. The van der Waals surface area contributed by atoms with Crippen LogP contribution in [-0.2, 0) is 22.7 Å². The Morgan fingerprint density at radius 2 is 1.73 bits per heavy atom. The van der Waals surface area contributed by atoms with E-state index in [2.05, 4.69) is 15.5 Å². The van der Waals surface area contributed by atoms with Crippen molar-refractivity contribution in [3.05, 3.63) is 70.4 Å². The Hall–Kier alpha value is -3.66. The molecule has 1 aliphatic rings. The number of alkyl halides is 6. The number of ether oxygens (including phenoxy) is 1. The Morgan fingerprint density at radius 1 is 1.05 bits per heavy atom. The number of hydrogen-bond acceptors (Lipinski definition) is 6. The molecule has 1 saturated carbocycles. The molecule has 1 fully saturated rings. The van der Waals surface area contributed by atoms with E-state index >= 15 is 0 Å². The van der Waals surface area contributed by atoms with E-state index in [9.17, 15) is 48.7 Å². The molecule has 1 aromatic heterocycles. The van der Waals surface area contributed by atoms with Crippen LogP contribution in [0.1, 0.15) is 46.4 Å². The molecule has 214 valence electrons. The molecule has 1 aliphatic carbocycles. The zero-order valence-electron chi connectivity index (χ0n) is 20.0. The first kappa shape index (κ1) is 29.3. The minimum absolute atomic E-state index is 0.130. The minimum atomic E-state index is -5.10. The van der Waals surface area contributed by atoms with Gasteiger partial charge in [0.25, 0.3) is 11.8 Å². The molecule has 4 rings (SSSR count). The number of nitrogens with one attached hydrogen (secondary N) is 1. The highest BCUT2D eigenvalue weighted by Gasteiger charge is 2.60. The van der Waals surface area contributed by atoms with Crippen molar-refractivity contribution in [3.63, 3.8) is 0 Å². The second-order valence-corrected chi connectivity index (χ2v) is 9.78. The number of carbonyl (C=O) groups is 1. The molecule has 0 aliphatic heterocycles. The Morgan fingerprint density at radius 3 is 2.27 bits per heavy atom. The number of anilines is 1. The molecule has 7 nitrogen and oxygen atoms in total. The maximum absolute atomic E-state index is 14.9. The van der Waals surface area contributed by atoms with Gasteiger partial charge < -0.3 is 14.6 Å². The highest BCUT2D eigenvalue weighted by Crippen LogP contribution is 2.55. The van der Waals surface area contributed by atoms with E-state index in [1.165, 1.54) is 18.2 Å². The third kappa shape index (κ3) is 5.24. The Balaban J connectivity index is 1.76. The van der Waals surface area contributed by atoms with Crippen molar-refractivity contribution < 1.29 is 53.4 Å². The summed E-state index contributed by atoms with van der Waals surface area (Å²) in [5, 5.41) is 8.33. The highest BCUT2D eigenvalue weighted by molar-refractivity contribution is 7.79. The summed E-state index contributed by atoms with van der Waals surface area (Å²) in [7, 11) is 0. The monoisotopic (exact) mass is 594 g/mol. The fourth-order valence-corrected chi connectivity index (χ4v) is 4.71. The molecule has 1 atom stereocenters. The smallest absolute Gasteiger partial charge is 0.435 e. The van der Waals surface area contributed by atoms with Gasteiger partial charge in [-0.15, -0.1) is 10.2 Å². The molecule has 2 aromatic carbocycles. The maximum atomic E-state index is 14.9. The highest BCUT2D eigenvalue weighted by atomic mass is 32.2. The van der Waals surface area contributed by atoms with Gasteiger partial charge in [0.05, 0.1) is 5.41 Å². The molecule has 0 radical (unpaired) electrons. The Kier molecular flexibility index (Phi) is 7.62. The minimum Gasteiger partial charge on any atom is -0.768 e. The topological polar surface area (TPSA) is 104 Å². The van der Waals surface area contributed by atoms with Gasteiger partial charge in [0.2, 0.25) is 5.82 Å². The van der Waals surface area contributed by atoms with Crippen molar-refractivity contribution in [1.82, 2.24) is 10.2 Å². The van der Waals surface area contributed by atoms with Gasteiger partial charge in [-0.25, -0.2) is 4.39 Å². The molecule has 16 heteroatoms. The molecule has 0 bridgehead atoms. The van der Waals surface area contributed by atoms with E-state index in [0.717, 1.165) is 13.0 Å². The van der Waals surface area contributed by atoms with Crippen molar-refractivity contribution in [1.29, 1.82) is 0 Å². The summed E-state index contributed by atoms with van der Waals surface area (Å²) in [6, 6.07) is 5.89. The summed E-state index contributed by atoms with van der Waals surface area (Å²) in [4.78, 5) is 12.8. The van der Waals surface area contributed by atoms with E-state index in [4.69, 9.17) is 4.74 Å². The van der Waals surface area contributed by atoms with Crippen molar-refractivity contribution in [2.75, 3.05) is 5.32 Å². The standard InChI is InChI=1S/C24H17F8N3O4S/c1-11-16(20(36)33-12-4-2-5-13(10-12)40(37)38)21(35-34-19(11)23(27,28)29)39-15-7-6-14(17(25)18(15)26)22(8-3-9-22)24(30,31)32/h2,4-7,10H,3,8-9H2,1H3,(H,33,36)(H,37,38)/p-1. The average molecular weight is 594 g/mol. The van der Waals surface area contributed by atoms with Gasteiger partial charge in [0.15, 0.2) is 17.3 Å². The number of nitrogens with zero attached hydrogens (tertiary/aromatic N) is 2. The van der Waals surface area contributed by atoms with Crippen LogP contribution in [0.15, 0.2) is 41.3 Å². The fourth-order valence-electron chi connectivity index (χ4n) is 4.30. The predicted octanol–water partition coefficient (Wildman–Crippen LogP) is 6.35. The van der Waals surface area contributed by atoms with Crippen molar-refractivity contribution in [2.24, 2.45) is 0 Å². The Labute approximate surface area is 222 Å². The van der Waals surface area contributed by atoms with Gasteiger partial charge in [-0.1, -0.05) is 18.6 Å². The van der Waals surface area contributed by atoms with Gasteiger partial charge >= 0.3 is 12.4 Å². The lowest BCUT2D eigenvalue weighted by Crippen LogP contribution is -2.48. The number of aromatic nitrogens is 2. The van der Waals surface area contributed by atoms with Crippen molar-refractivity contribution in [2.45, 2.75) is 48.8 Å². The van der Waals surface area contributed by atoms with E-state index in [1.54, 1.807) is 0 Å². The molecule has 0 spiro atoms. The van der Waals surface area contributed by atoms with Crippen LogP contribution in [0.5, 0.6) is 11.6 Å². The number of halogens is 8. The number of hydrogen-bond donors (Lipinski definition) is 1. The van der Waals surface area contributed by atoms with E-state index in [-0.39, 0.29) is 17.0 Å². The maximum Gasteiger partial charge on any atom is 0.435 e. The lowest BCUT2D eigenvalue weighted by Gasteiger charge is -2.43. The van der Waals surface area contributed by atoms with Gasteiger partial charge in [-0.2, -0.15) is 30.7 Å². The normalized spacial score (nSPS) is 15.8. The number of carbonyl (C=O) groups excluding carboxylic acids is 1. The summed E-state index contributed by atoms with van der Waals surface area (Å²) in [5.74, 6) is -7.16. The first-order chi connectivity index (χ1) is 18.6. The summed E-state index contributed by atoms with van der Waals surface area (Å²) in [5.41, 5.74) is -7.10. The lowest BCUT2D eigenvalue weighted by atomic mass is 9.63. The van der Waals surface area contributed by atoms with Crippen LogP contribution in [-0.4, -0.2) is 31.0 Å². The summed E-state index contributed by atoms with van der Waals surface area (Å²) < 4.78 is 139. The molecule has 1 N–H and O–H groups in total. The van der Waals surface area contributed by atoms with Crippen LogP contribution in [0.3, 0.4) is 0 Å². The molecule has 3 aromatic rings. The van der Waals surface area contributed by atoms with Crippen molar-refractivity contribution >= 4 is 22.7 Å². The third-order valence-electron chi connectivity index (χ3n) is 6.48.